The number of hydrogen-bond acceptors (Lipinski definition) is 7. The zero-order chi connectivity index (χ0) is 25.7. The van der Waals surface area contributed by atoms with Gasteiger partial charge in [0.25, 0.3) is 6.47 Å². The molecule has 3 aromatic rings. The first kappa shape index (κ1) is 25.3. The Kier molecular flexibility index (Phi) is 7.93. The first-order valence-electron chi connectivity index (χ1n) is 11.8. The molecule has 0 saturated carbocycles. The number of piperazine rings is 1. The van der Waals surface area contributed by atoms with E-state index in [0.29, 0.717) is 16.7 Å². The van der Waals surface area contributed by atoms with E-state index in [4.69, 9.17) is 14.9 Å². The number of rotatable bonds is 3. The van der Waals surface area contributed by atoms with Crippen LogP contribution in [0, 0.1) is 25.2 Å². The summed E-state index contributed by atoms with van der Waals surface area (Å²) in [6.07, 6.45) is 2.37. The third-order valence-electron chi connectivity index (χ3n) is 6.32. The van der Waals surface area contributed by atoms with Crippen LogP contribution < -0.4 is 5.32 Å². The molecule has 2 saturated heterocycles. The summed E-state index contributed by atoms with van der Waals surface area (Å²) >= 11 is 1.46. The van der Waals surface area contributed by atoms with E-state index in [1.807, 2.05) is 49.1 Å². The number of carboxylic acid groups (broad SMARTS) is 1. The maximum Gasteiger partial charge on any atom is 0.323 e. The lowest BCUT2D eigenvalue weighted by Gasteiger charge is -2.37. The quantitative estimate of drug-likeness (QED) is 0.508. The van der Waals surface area contributed by atoms with E-state index in [1.54, 1.807) is 6.07 Å². The van der Waals surface area contributed by atoms with E-state index < -0.39 is 0 Å². The van der Waals surface area contributed by atoms with Gasteiger partial charge in [-0.3, -0.25) is 20.0 Å². The lowest BCUT2D eigenvalue weighted by atomic mass is 10.0. The molecule has 2 fully saturated rings. The number of aryl methyl sites for hydroxylation is 2. The molecule has 4 heterocycles. The lowest BCUT2D eigenvalue weighted by molar-refractivity contribution is -0.122. The van der Waals surface area contributed by atoms with E-state index in [1.165, 1.54) is 17.8 Å². The minimum Gasteiger partial charge on any atom is -0.483 e. The Morgan fingerprint density at radius 2 is 1.92 bits per heavy atom. The number of anilines is 1. The standard InChI is InChI=1S/C25H26N6OS.CH2O2/c1-16-11-20(12-17(2)27-16)23-22(19-6-3-5-18(13-19)14-26)28-24(33-23)29-25(32)31-10-9-30-8-4-7-21(30)15-31;2-1-3/h3,5-6,11-13,21H,4,7-10,15H2,1-2H3,(H,28,29,32);1H,(H,2,3)/t21-;/m1./s1. The van der Waals surface area contributed by atoms with Crippen molar-refractivity contribution >= 4 is 29.0 Å². The van der Waals surface area contributed by atoms with E-state index in [-0.39, 0.29) is 12.5 Å². The summed E-state index contributed by atoms with van der Waals surface area (Å²) in [6, 6.07) is 14.1. The second-order valence-corrected chi connectivity index (χ2v) is 9.84. The van der Waals surface area contributed by atoms with Crippen molar-refractivity contribution in [3.05, 3.63) is 53.3 Å². The minimum atomic E-state index is -0.250. The topological polar surface area (TPSA) is 122 Å². The SMILES string of the molecule is Cc1cc(-c2sc(NC(=O)N3CCN4CCC[C@@H]4C3)nc2-c2cccc(C#N)c2)cc(C)n1.O=CO. The molecule has 0 unspecified atom stereocenters. The number of urea groups is 1. The fraction of sp³-hybridized carbons (Fsp3) is 0.346. The van der Waals surface area contributed by atoms with Crippen LogP contribution >= 0.6 is 11.3 Å². The summed E-state index contributed by atoms with van der Waals surface area (Å²) in [5.41, 5.74) is 5.05. The molecule has 2 N–H and O–H groups in total. The molecule has 0 bridgehead atoms. The molecule has 36 heavy (non-hydrogen) atoms. The molecule has 2 aliphatic rings. The minimum absolute atomic E-state index is 0.0961. The van der Waals surface area contributed by atoms with Gasteiger partial charge in [0.15, 0.2) is 5.13 Å². The average Bonchev–Trinajstić information content (AvgIpc) is 3.50. The fourth-order valence-corrected chi connectivity index (χ4v) is 5.78. The Hall–Kier alpha value is -3.81. The number of nitrogens with one attached hydrogen (secondary N) is 1. The third kappa shape index (κ3) is 5.70. The molecule has 0 radical (unpaired) electrons. The number of pyridine rings is 1. The van der Waals surface area contributed by atoms with Crippen LogP contribution in [0.2, 0.25) is 0 Å². The first-order valence-corrected chi connectivity index (χ1v) is 12.6. The zero-order valence-corrected chi connectivity index (χ0v) is 21.1. The largest absolute Gasteiger partial charge is 0.483 e. The predicted molar refractivity (Wildman–Crippen MR) is 139 cm³/mol. The Morgan fingerprint density at radius 3 is 2.64 bits per heavy atom. The average molecular weight is 505 g/mol. The molecular weight excluding hydrogens is 476 g/mol. The van der Waals surface area contributed by atoms with Crippen molar-refractivity contribution in [2.24, 2.45) is 0 Å². The van der Waals surface area contributed by atoms with Crippen LogP contribution in [-0.2, 0) is 4.79 Å². The summed E-state index contributed by atoms with van der Waals surface area (Å²) in [6.45, 7) is 7.27. The molecule has 0 spiro atoms. The van der Waals surface area contributed by atoms with Gasteiger partial charge in [-0.1, -0.05) is 23.5 Å². The van der Waals surface area contributed by atoms with Crippen LogP contribution in [0.3, 0.4) is 0 Å². The number of aromatic nitrogens is 2. The lowest BCUT2D eigenvalue weighted by Crippen LogP contribution is -2.53. The molecule has 10 heteroatoms. The van der Waals surface area contributed by atoms with Crippen LogP contribution in [0.15, 0.2) is 36.4 Å². The number of amides is 2. The van der Waals surface area contributed by atoms with Crippen LogP contribution in [0.1, 0.15) is 29.8 Å². The maximum absolute atomic E-state index is 13.1. The summed E-state index contributed by atoms with van der Waals surface area (Å²) in [5, 5.41) is 19.9. The Morgan fingerprint density at radius 1 is 1.17 bits per heavy atom. The summed E-state index contributed by atoms with van der Waals surface area (Å²) in [7, 11) is 0. The monoisotopic (exact) mass is 504 g/mol. The first-order chi connectivity index (χ1) is 17.4. The molecule has 2 aliphatic heterocycles. The van der Waals surface area contributed by atoms with Crippen molar-refractivity contribution in [2.75, 3.05) is 31.5 Å². The van der Waals surface area contributed by atoms with Crippen molar-refractivity contribution in [1.82, 2.24) is 19.8 Å². The van der Waals surface area contributed by atoms with Gasteiger partial charge in [-0.2, -0.15) is 5.26 Å². The highest BCUT2D eigenvalue weighted by Crippen LogP contribution is 2.40. The van der Waals surface area contributed by atoms with Crippen LogP contribution in [0.5, 0.6) is 0 Å². The normalized spacial score (nSPS) is 16.9. The molecule has 186 valence electrons. The van der Waals surface area contributed by atoms with Gasteiger partial charge in [-0.15, -0.1) is 0 Å². The highest BCUT2D eigenvalue weighted by Gasteiger charge is 2.32. The molecule has 1 atom stereocenters. The molecule has 2 aromatic heterocycles. The Bertz CT molecular complexity index is 1280. The van der Waals surface area contributed by atoms with Gasteiger partial charge in [-0.05, 0) is 63.1 Å². The molecule has 5 rings (SSSR count). The van der Waals surface area contributed by atoms with Crippen molar-refractivity contribution in [3.63, 3.8) is 0 Å². The van der Waals surface area contributed by atoms with Crippen molar-refractivity contribution < 1.29 is 14.7 Å². The van der Waals surface area contributed by atoms with Gasteiger partial charge in [0, 0.05) is 42.6 Å². The van der Waals surface area contributed by atoms with Crippen LogP contribution in [0.25, 0.3) is 21.7 Å². The third-order valence-corrected chi connectivity index (χ3v) is 7.34. The van der Waals surface area contributed by atoms with Crippen molar-refractivity contribution in [3.8, 4) is 27.8 Å². The zero-order valence-electron chi connectivity index (χ0n) is 20.3. The molecule has 0 aliphatic carbocycles. The summed E-state index contributed by atoms with van der Waals surface area (Å²) in [5.74, 6) is 0. The predicted octanol–water partition coefficient (Wildman–Crippen LogP) is 4.37. The molecular formula is C26H28N6O3S. The number of carbonyl (C=O) groups excluding carboxylic acids is 1. The van der Waals surface area contributed by atoms with E-state index in [9.17, 15) is 10.1 Å². The number of nitrogens with zero attached hydrogens (tertiary/aromatic N) is 5. The Labute approximate surface area is 214 Å². The number of hydrogen-bond donors (Lipinski definition) is 2. The highest BCUT2D eigenvalue weighted by molar-refractivity contribution is 7.19. The van der Waals surface area contributed by atoms with Crippen LogP contribution in [0.4, 0.5) is 9.93 Å². The van der Waals surface area contributed by atoms with E-state index in [0.717, 1.165) is 65.7 Å². The van der Waals surface area contributed by atoms with Crippen LogP contribution in [-0.4, -0.2) is 69.6 Å². The summed E-state index contributed by atoms with van der Waals surface area (Å²) in [4.78, 5) is 36.1. The van der Waals surface area contributed by atoms with Gasteiger partial charge in [0.2, 0.25) is 0 Å². The number of benzene rings is 1. The van der Waals surface area contributed by atoms with Gasteiger partial charge >= 0.3 is 6.03 Å². The van der Waals surface area contributed by atoms with Crippen molar-refractivity contribution in [1.29, 1.82) is 5.26 Å². The molecule has 9 nitrogen and oxygen atoms in total. The van der Waals surface area contributed by atoms with Gasteiger partial charge in [0.05, 0.1) is 22.2 Å². The van der Waals surface area contributed by atoms with Gasteiger partial charge in [-0.25, -0.2) is 9.78 Å². The van der Waals surface area contributed by atoms with E-state index in [2.05, 4.69) is 21.3 Å². The second kappa shape index (κ2) is 11.3. The number of carbonyl (C=O) groups is 2. The smallest absolute Gasteiger partial charge is 0.323 e. The number of nitriles is 1. The number of thiazole rings is 1. The maximum atomic E-state index is 13.1. The molecule has 2 amide bonds. The van der Waals surface area contributed by atoms with E-state index >= 15 is 0 Å². The van der Waals surface area contributed by atoms with Gasteiger partial charge < -0.3 is 10.0 Å². The highest BCUT2D eigenvalue weighted by atomic mass is 32.1. The second-order valence-electron chi connectivity index (χ2n) is 8.84. The van der Waals surface area contributed by atoms with Crippen molar-refractivity contribution in [2.45, 2.75) is 32.7 Å². The number of fused-ring (bicyclic) bond motifs is 1. The van der Waals surface area contributed by atoms with Gasteiger partial charge in [0.1, 0.15) is 0 Å². The fourth-order valence-electron chi connectivity index (χ4n) is 4.81. The Balaban J connectivity index is 0.000000967. The summed E-state index contributed by atoms with van der Waals surface area (Å²) < 4.78 is 0. The molecule has 1 aromatic carbocycles.